The fourth-order valence-electron chi connectivity index (χ4n) is 4.00. The number of benzene rings is 2. The minimum absolute atomic E-state index is 0.144. The molecule has 1 fully saturated rings. The molecule has 2 aromatic heterocycles. The van der Waals surface area contributed by atoms with E-state index in [1.54, 1.807) is 0 Å². The van der Waals surface area contributed by atoms with E-state index in [1.165, 1.54) is 0 Å². The van der Waals surface area contributed by atoms with E-state index in [4.69, 9.17) is 0 Å². The molecule has 0 unspecified atom stereocenters. The van der Waals surface area contributed by atoms with E-state index in [0.29, 0.717) is 12.8 Å². The van der Waals surface area contributed by atoms with Crippen molar-refractivity contribution in [2.75, 3.05) is 0 Å². The molecular weight excluding hydrogens is 352 g/mol. The van der Waals surface area contributed by atoms with Gasteiger partial charge in [0, 0.05) is 47.0 Å². The van der Waals surface area contributed by atoms with Crippen LogP contribution in [0.5, 0.6) is 0 Å². The quantitative estimate of drug-likeness (QED) is 0.443. The number of fused-ring (bicyclic) bond motifs is 2. The second kappa shape index (κ2) is 6.56. The topological polar surface area (TPSA) is 89.8 Å². The van der Waals surface area contributed by atoms with Crippen molar-refractivity contribution in [2.24, 2.45) is 0 Å². The number of aromatic nitrogens is 2. The Bertz CT molecular complexity index is 1100. The lowest BCUT2D eigenvalue weighted by atomic mass is 9.98. The summed E-state index contributed by atoms with van der Waals surface area (Å²) in [6.07, 6.45) is 4.73. The van der Waals surface area contributed by atoms with Crippen molar-refractivity contribution < 1.29 is 9.59 Å². The summed E-state index contributed by atoms with van der Waals surface area (Å²) in [5, 5.41) is 7.96. The molecule has 0 bridgehead atoms. The van der Waals surface area contributed by atoms with E-state index in [0.717, 1.165) is 32.9 Å². The third kappa shape index (κ3) is 2.83. The summed E-state index contributed by atoms with van der Waals surface area (Å²) < 4.78 is 0. The van der Waals surface area contributed by atoms with Crippen LogP contribution in [0.25, 0.3) is 21.8 Å². The number of aromatic amines is 2. The first kappa shape index (κ1) is 16.6. The number of H-pyrrole nitrogens is 2. The molecule has 6 nitrogen and oxygen atoms in total. The Hall–Kier alpha value is -3.54. The molecule has 1 aliphatic rings. The second-order valence-corrected chi connectivity index (χ2v) is 7.25. The predicted molar refractivity (Wildman–Crippen MR) is 108 cm³/mol. The van der Waals surface area contributed by atoms with E-state index in [9.17, 15) is 9.59 Å². The summed E-state index contributed by atoms with van der Waals surface area (Å²) in [5.41, 5.74) is 4.09. The zero-order chi connectivity index (χ0) is 19.1. The molecule has 2 amide bonds. The molecule has 1 aliphatic heterocycles. The SMILES string of the molecule is O=C1N[C@@H](Cc2c[nH]c3ccccc23)C(=O)N[C@H]1Cc1c[nH]c2ccccc12. The van der Waals surface area contributed by atoms with Gasteiger partial charge in [0.1, 0.15) is 12.1 Å². The van der Waals surface area contributed by atoms with Gasteiger partial charge in [0.2, 0.25) is 11.8 Å². The van der Waals surface area contributed by atoms with E-state index in [-0.39, 0.29) is 11.8 Å². The molecule has 3 heterocycles. The number of piperazine rings is 1. The van der Waals surface area contributed by atoms with Crippen molar-refractivity contribution in [3.8, 4) is 0 Å². The van der Waals surface area contributed by atoms with Gasteiger partial charge in [-0.05, 0) is 23.3 Å². The number of amides is 2. The Balaban J connectivity index is 1.32. The molecule has 0 aliphatic carbocycles. The molecule has 1 saturated heterocycles. The minimum Gasteiger partial charge on any atom is -0.361 e. The number of hydrogen-bond acceptors (Lipinski definition) is 2. The van der Waals surface area contributed by atoms with Gasteiger partial charge in [-0.2, -0.15) is 0 Å². The van der Waals surface area contributed by atoms with Gasteiger partial charge >= 0.3 is 0 Å². The number of para-hydroxylation sites is 2. The van der Waals surface area contributed by atoms with Gasteiger partial charge < -0.3 is 20.6 Å². The number of hydrogen-bond donors (Lipinski definition) is 4. The van der Waals surface area contributed by atoms with Crippen LogP contribution in [0, 0.1) is 0 Å². The van der Waals surface area contributed by atoms with Crippen LogP contribution in [-0.4, -0.2) is 33.9 Å². The molecule has 0 radical (unpaired) electrons. The molecule has 5 rings (SSSR count). The average Bonchev–Trinajstić information content (AvgIpc) is 3.30. The maximum Gasteiger partial charge on any atom is 0.243 e. The highest BCUT2D eigenvalue weighted by molar-refractivity contribution is 5.98. The van der Waals surface area contributed by atoms with Gasteiger partial charge in [-0.15, -0.1) is 0 Å². The Kier molecular flexibility index (Phi) is 3.90. The smallest absolute Gasteiger partial charge is 0.243 e. The van der Waals surface area contributed by atoms with Gasteiger partial charge in [0.25, 0.3) is 0 Å². The Labute approximate surface area is 161 Å². The van der Waals surface area contributed by atoms with Crippen molar-refractivity contribution in [1.29, 1.82) is 0 Å². The van der Waals surface area contributed by atoms with Crippen LogP contribution in [0.4, 0.5) is 0 Å². The van der Waals surface area contributed by atoms with Crippen LogP contribution < -0.4 is 10.6 Å². The molecule has 6 heteroatoms. The normalized spacial score (nSPS) is 19.7. The molecule has 2 atom stereocenters. The number of rotatable bonds is 4. The lowest BCUT2D eigenvalue weighted by molar-refractivity contribution is -0.136. The highest BCUT2D eigenvalue weighted by Gasteiger charge is 2.34. The lowest BCUT2D eigenvalue weighted by Gasteiger charge is -2.29. The fourth-order valence-corrected chi connectivity index (χ4v) is 4.00. The highest BCUT2D eigenvalue weighted by atomic mass is 16.2. The zero-order valence-electron chi connectivity index (χ0n) is 15.2. The lowest BCUT2D eigenvalue weighted by Crippen LogP contribution is -2.62. The summed E-state index contributed by atoms with van der Waals surface area (Å²) in [6.45, 7) is 0. The minimum atomic E-state index is -0.564. The summed E-state index contributed by atoms with van der Waals surface area (Å²) in [4.78, 5) is 31.7. The molecule has 2 aromatic carbocycles. The maximum atomic E-state index is 12.7. The largest absolute Gasteiger partial charge is 0.361 e. The maximum absolute atomic E-state index is 12.7. The molecule has 0 saturated carbocycles. The first-order valence-corrected chi connectivity index (χ1v) is 9.40. The van der Waals surface area contributed by atoms with Crippen molar-refractivity contribution in [3.63, 3.8) is 0 Å². The van der Waals surface area contributed by atoms with Crippen molar-refractivity contribution in [3.05, 3.63) is 72.1 Å². The molecule has 0 spiro atoms. The fraction of sp³-hybridized carbons (Fsp3) is 0.182. The Morgan fingerprint density at radius 3 is 1.54 bits per heavy atom. The van der Waals surface area contributed by atoms with Crippen LogP contribution in [0.15, 0.2) is 60.9 Å². The van der Waals surface area contributed by atoms with Gasteiger partial charge in [-0.25, -0.2) is 0 Å². The Morgan fingerprint density at radius 1 is 0.643 bits per heavy atom. The highest BCUT2D eigenvalue weighted by Crippen LogP contribution is 2.22. The first-order chi connectivity index (χ1) is 13.7. The van der Waals surface area contributed by atoms with Gasteiger partial charge in [0.15, 0.2) is 0 Å². The third-order valence-electron chi connectivity index (χ3n) is 5.46. The van der Waals surface area contributed by atoms with Gasteiger partial charge in [0.05, 0.1) is 0 Å². The van der Waals surface area contributed by atoms with Gasteiger partial charge in [-0.1, -0.05) is 36.4 Å². The van der Waals surface area contributed by atoms with Crippen LogP contribution in [0.1, 0.15) is 11.1 Å². The number of carbonyl (C=O) groups is 2. The van der Waals surface area contributed by atoms with E-state index >= 15 is 0 Å². The molecular formula is C22H20N4O2. The number of nitrogens with one attached hydrogen (secondary N) is 4. The summed E-state index contributed by atoms with van der Waals surface area (Å²) in [6, 6.07) is 14.8. The summed E-state index contributed by atoms with van der Waals surface area (Å²) in [7, 11) is 0. The second-order valence-electron chi connectivity index (χ2n) is 7.25. The van der Waals surface area contributed by atoms with E-state index < -0.39 is 12.1 Å². The van der Waals surface area contributed by atoms with Crippen molar-refractivity contribution in [2.45, 2.75) is 24.9 Å². The zero-order valence-corrected chi connectivity index (χ0v) is 15.2. The average molecular weight is 372 g/mol. The van der Waals surface area contributed by atoms with Crippen molar-refractivity contribution in [1.82, 2.24) is 20.6 Å². The molecule has 4 aromatic rings. The molecule has 28 heavy (non-hydrogen) atoms. The summed E-state index contributed by atoms with van der Waals surface area (Å²) in [5.74, 6) is -0.288. The Morgan fingerprint density at radius 2 is 1.07 bits per heavy atom. The van der Waals surface area contributed by atoms with Crippen LogP contribution in [0.3, 0.4) is 0 Å². The standard InChI is InChI=1S/C22H20N4O2/c27-21-19(9-13-11-23-17-7-3-1-5-15(13)17)25-22(28)20(26-21)10-14-12-24-18-8-4-2-6-16(14)18/h1-8,11-12,19-20,23-24H,9-10H2,(H,25,28)(H,26,27)/t19-,20-/m0/s1. The predicted octanol–water partition coefficient (Wildman–Crippen LogP) is 2.42. The van der Waals surface area contributed by atoms with Crippen LogP contribution >= 0.6 is 0 Å². The van der Waals surface area contributed by atoms with E-state index in [1.807, 2.05) is 60.9 Å². The first-order valence-electron chi connectivity index (χ1n) is 9.40. The van der Waals surface area contributed by atoms with Gasteiger partial charge in [-0.3, -0.25) is 9.59 Å². The van der Waals surface area contributed by atoms with Crippen molar-refractivity contribution >= 4 is 33.6 Å². The summed E-state index contributed by atoms with van der Waals surface area (Å²) >= 11 is 0. The third-order valence-corrected chi connectivity index (χ3v) is 5.46. The number of carbonyl (C=O) groups excluding carboxylic acids is 2. The van der Waals surface area contributed by atoms with E-state index in [2.05, 4.69) is 20.6 Å². The van der Waals surface area contributed by atoms with Crippen LogP contribution in [-0.2, 0) is 22.4 Å². The van der Waals surface area contributed by atoms with Crippen LogP contribution in [0.2, 0.25) is 0 Å². The molecule has 140 valence electrons. The molecule has 4 N–H and O–H groups in total. The monoisotopic (exact) mass is 372 g/mol.